The number of amides is 2. The fourth-order valence-corrected chi connectivity index (χ4v) is 2.10. The zero-order valence-electron chi connectivity index (χ0n) is 8.26. The molecular formula is C10H8ClN3O2. The summed E-state index contributed by atoms with van der Waals surface area (Å²) < 4.78 is 0. The molecule has 5 nitrogen and oxygen atoms in total. The molecule has 1 aliphatic heterocycles. The summed E-state index contributed by atoms with van der Waals surface area (Å²) in [7, 11) is 0. The molecule has 2 fully saturated rings. The molecule has 2 unspecified atom stereocenters. The minimum absolute atomic E-state index is 0.0623. The van der Waals surface area contributed by atoms with Crippen molar-refractivity contribution in [2.24, 2.45) is 11.8 Å². The maximum absolute atomic E-state index is 11.7. The highest BCUT2D eigenvalue weighted by atomic mass is 35.5. The van der Waals surface area contributed by atoms with E-state index >= 15 is 0 Å². The normalized spacial score (nSPS) is 27.2. The van der Waals surface area contributed by atoms with Gasteiger partial charge in [-0.25, -0.2) is 0 Å². The van der Waals surface area contributed by atoms with Crippen LogP contribution in [0.15, 0.2) is 12.1 Å². The van der Waals surface area contributed by atoms with Crippen LogP contribution in [0, 0.1) is 11.8 Å². The van der Waals surface area contributed by atoms with Crippen LogP contribution >= 0.6 is 11.6 Å². The average molecular weight is 238 g/mol. The molecule has 2 heterocycles. The molecule has 2 atom stereocenters. The molecule has 1 aromatic heterocycles. The molecule has 0 N–H and O–H groups in total. The topological polar surface area (TPSA) is 63.2 Å². The van der Waals surface area contributed by atoms with Crippen molar-refractivity contribution in [1.82, 2.24) is 15.1 Å². The number of hydrogen-bond acceptors (Lipinski definition) is 4. The van der Waals surface area contributed by atoms with E-state index in [-0.39, 0.29) is 30.2 Å². The Kier molecular flexibility index (Phi) is 1.97. The fourth-order valence-electron chi connectivity index (χ4n) is 2.00. The molecule has 6 heteroatoms. The lowest BCUT2D eigenvalue weighted by Crippen LogP contribution is -2.32. The summed E-state index contributed by atoms with van der Waals surface area (Å²) >= 11 is 5.59. The van der Waals surface area contributed by atoms with Gasteiger partial charge in [-0.2, -0.15) is 5.10 Å². The Hall–Kier alpha value is -1.49. The van der Waals surface area contributed by atoms with E-state index in [1.54, 1.807) is 12.1 Å². The lowest BCUT2D eigenvalue weighted by Gasteiger charge is -2.15. The zero-order chi connectivity index (χ0) is 11.3. The number of rotatable bonds is 2. The van der Waals surface area contributed by atoms with Crippen molar-refractivity contribution >= 4 is 23.4 Å². The predicted octanol–water partition coefficient (Wildman–Crippen LogP) is 0.635. The van der Waals surface area contributed by atoms with Gasteiger partial charge in [-0.3, -0.25) is 14.5 Å². The first-order valence-corrected chi connectivity index (χ1v) is 5.38. The van der Waals surface area contributed by atoms with Gasteiger partial charge in [0.05, 0.1) is 24.1 Å². The third-order valence-corrected chi connectivity index (χ3v) is 3.17. The Labute approximate surface area is 96.4 Å². The number of fused-ring (bicyclic) bond motifs is 1. The van der Waals surface area contributed by atoms with Gasteiger partial charge in [0.25, 0.3) is 0 Å². The van der Waals surface area contributed by atoms with E-state index in [1.165, 1.54) is 4.90 Å². The van der Waals surface area contributed by atoms with Gasteiger partial charge in [-0.05, 0) is 18.6 Å². The summed E-state index contributed by atoms with van der Waals surface area (Å²) in [6, 6.07) is 3.26. The van der Waals surface area contributed by atoms with Gasteiger partial charge >= 0.3 is 0 Å². The predicted molar refractivity (Wildman–Crippen MR) is 54.2 cm³/mol. The highest BCUT2D eigenvalue weighted by molar-refractivity contribution is 6.29. The van der Waals surface area contributed by atoms with E-state index in [2.05, 4.69) is 10.2 Å². The number of imide groups is 1. The Morgan fingerprint density at radius 3 is 2.50 bits per heavy atom. The van der Waals surface area contributed by atoms with Crippen molar-refractivity contribution in [1.29, 1.82) is 0 Å². The highest BCUT2D eigenvalue weighted by Crippen LogP contribution is 2.47. The summed E-state index contributed by atoms with van der Waals surface area (Å²) in [5.41, 5.74) is 0.576. The van der Waals surface area contributed by atoms with Gasteiger partial charge in [0.1, 0.15) is 0 Å². The molecule has 3 rings (SSSR count). The van der Waals surface area contributed by atoms with E-state index < -0.39 is 0 Å². The SMILES string of the molecule is O=C1C2CC2C(=O)N1Cc1ccc(Cl)nn1. The molecular weight excluding hydrogens is 230 g/mol. The maximum Gasteiger partial charge on any atom is 0.233 e. The molecule has 0 radical (unpaired) electrons. The van der Waals surface area contributed by atoms with E-state index in [1.807, 2.05) is 0 Å². The molecule has 2 aliphatic rings. The minimum atomic E-state index is -0.0771. The first kappa shape index (κ1) is 9.72. The first-order valence-electron chi connectivity index (χ1n) is 5.00. The summed E-state index contributed by atoms with van der Waals surface area (Å²) in [6.07, 6.45) is 0.723. The molecule has 1 aliphatic carbocycles. The third kappa shape index (κ3) is 1.39. The van der Waals surface area contributed by atoms with Crippen LogP contribution in [0.2, 0.25) is 5.15 Å². The number of likely N-dealkylation sites (tertiary alicyclic amines) is 1. The van der Waals surface area contributed by atoms with Crippen LogP contribution in [-0.2, 0) is 16.1 Å². The van der Waals surface area contributed by atoms with Crippen molar-refractivity contribution in [3.8, 4) is 0 Å². The van der Waals surface area contributed by atoms with Gasteiger partial charge in [-0.15, -0.1) is 5.10 Å². The molecule has 16 heavy (non-hydrogen) atoms. The van der Waals surface area contributed by atoms with Crippen LogP contribution in [0.3, 0.4) is 0 Å². The van der Waals surface area contributed by atoms with Crippen LogP contribution < -0.4 is 0 Å². The summed E-state index contributed by atoms with van der Waals surface area (Å²) in [6.45, 7) is 0.203. The molecule has 0 aromatic carbocycles. The van der Waals surface area contributed by atoms with Gasteiger partial charge < -0.3 is 0 Å². The number of halogens is 1. The minimum Gasteiger partial charge on any atom is -0.276 e. The van der Waals surface area contributed by atoms with Crippen LogP contribution in [-0.4, -0.2) is 26.9 Å². The van der Waals surface area contributed by atoms with Crippen LogP contribution in [0.4, 0.5) is 0 Å². The van der Waals surface area contributed by atoms with Gasteiger partial charge in [0, 0.05) is 0 Å². The number of hydrogen-bond donors (Lipinski definition) is 0. The van der Waals surface area contributed by atoms with E-state index in [0.29, 0.717) is 10.8 Å². The first-order chi connectivity index (χ1) is 7.66. The smallest absolute Gasteiger partial charge is 0.233 e. The lowest BCUT2D eigenvalue weighted by molar-refractivity contribution is -0.142. The Morgan fingerprint density at radius 1 is 1.25 bits per heavy atom. The summed E-state index contributed by atoms with van der Waals surface area (Å²) in [5, 5.41) is 7.79. The Morgan fingerprint density at radius 2 is 1.94 bits per heavy atom. The van der Waals surface area contributed by atoms with Gasteiger partial charge in [0.2, 0.25) is 11.8 Å². The molecule has 0 spiro atoms. The number of aromatic nitrogens is 2. The van der Waals surface area contributed by atoms with Crippen LogP contribution in [0.25, 0.3) is 0 Å². The Balaban J connectivity index is 1.78. The maximum atomic E-state index is 11.7. The van der Waals surface area contributed by atoms with Crippen LogP contribution in [0.1, 0.15) is 12.1 Å². The quantitative estimate of drug-likeness (QED) is 0.708. The van der Waals surface area contributed by atoms with E-state index in [0.717, 1.165) is 6.42 Å². The largest absolute Gasteiger partial charge is 0.276 e. The summed E-state index contributed by atoms with van der Waals surface area (Å²) in [4.78, 5) is 24.6. The number of carbonyl (C=O) groups excluding carboxylic acids is 2. The Bertz CT molecular complexity index is 453. The molecule has 1 saturated heterocycles. The van der Waals surface area contributed by atoms with E-state index in [4.69, 9.17) is 11.6 Å². The van der Waals surface area contributed by atoms with Crippen molar-refractivity contribution in [2.45, 2.75) is 13.0 Å². The standard InChI is InChI=1S/C10H8ClN3O2/c11-8-2-1-5(12-13-8)4-14-9(15)6-3-7(6)10(14)16/h1-2,6-7H,3-4H2. The van der Waals surface area contributed by atoms with Gasteiger partial charge in [-0.1, -0.05) is 11.6 Å². The fraction of sp³-hybridized carbons (Fsp3) is 0.400. The van der Waals surface area contributed by atoms with Crippen molar-refractivity contribution in [3.05, 3.63) is 23.0 Å². The molecule has 0 bridgehead atoms. The number of carbonyl (C=O) groups is 2. The summed E-state index contributed by atoms with van der Waals surface area (Å²) in [5.74, 6) is -0.279. The lowest BCUT2D eigenvalue weighted by atomic mass is 10.3. The number of nitrogens with zero attached hydrogens (tertiary/aromatic N) is 3. The second-order valence-electron chi connectivity index (χ2n) is 4.06. The monoisotopic (exact) mass is 237 g/mol. The van der Waals surface area contributed by atoms with Crippen molar-refractivity contribution in [2.75, 3.05) is 0 Å². The molecule has 82 valence electrons. The molecule has 2 amide bonds. The molecule has 1 aromatic rings. The van der Waals surface area contributed by atoms with Crippen molar-refractivity contribution in [3.63, 3.8) is 0 Å². The van der Waals surface area contributed by atoms with Crippen LogP contribution in [0.5, 0.6) is 0 Å². The van der Waals surface area contributed by atoms with E-state index in [9.17, 15) is 9.59 Å². The van der Waals surface area contributed by atoms with Crippen molar-refractivity contribution < 1.29 is 9.59 Å². The zero-order valence-corrected chi connectivity index (χ0v) is 9.02. The molecule has 1 saturated carbocycles. The second kappa shape index (κ2) is 3.25. The number of piperidine rings is 1. The third-order valence-electron chi connectivity index (χ3n) is 2.96. The second-order valence-corrected chi connectivity index (χ2v) is 4.45. The highest BCUT2D eigenvalue weighted by Gasteiger charge is 2.58. The van der Waals surface area contributed by atoms with Gasteiger partial charge in [0.15, 0.2) is 5.15 Å². The average Bonchev–Trinajstić information content (AvgIpc) is 3.02.